The zero-order chi connectivity index (χ0) is 18.1. The maximum atomic E-state index is 11.1. The standard InChI is InChI=1S/C19H18N2O4/c1-23-17-7-2-3-8-18(17)25-10-9-24-16-6-4-5-14(12-16)11-15(13-20)19(21)22/h2-8,11-12H,9-10H2,1H3,(H2,21,22). The lowest BCUT2D eigenvalue weighted by Crippen LogP contribution is -2.12. The van der Waals surface area contributed by atoms with E-state index in [1.54, 1.807) is 37.4 Å². The van der Waals surface area contributed by atoms with Crippen molar-refractivity contribution in [2.24, 2.45) is 5.73 Å². The Morgan fingerprint density at radius 1 is 1.12 bits per heavy atom. The number of ether oxygens (including phenoxy) is 3. The summed E-state index contributed by atoms with van der Waals surface area (Å²) in [6, 6.07) is 16.1. The number of hydrogen-bond donors (Lipinski definition) is 1. The maximum Gasteiger partial charge on any atom is 0.259 e. The molecule has 0 saturated heterocycles. The van der Waals surface area contributed by atoms with E-state index in [4.69, 9.17) is 25.2 Å². The van der Waals surface area contributed by atoms with Crippen LogP contribution in [0, 0.1) is 11.3 Å². The normalized spacial score (nSPS) is 10.6. The summed E-state index contributed by atoms with van der Waals surface area (Å²) in [6.45, 7) is 0.664. The van der Waals surface area contributed by atoms with Gasteiger partial charge < -0.3 is 19.9 Å². The minimum absolute atomic E-state index is 0.114. The molecule has 0 bridgehead atoms. The molecule has 0 fully saturated rings. The number of benzene rings is 2. The fourth-order valence-electron chi connectivity index (χ4n) is 2.07. The molecule has 2 aromatic carbocycles. The molecule has 0 aliphatic rings. The van der Waals surface area contributed by atoms with Gasteiger partial charge in [-0.3, -0.25) is 4.79 Å². The van der Waals surface area contributed by atoms with Crippen LogP contribution in [0.15, 0.2) is 54.1 Å². The predicted molar refractivity (Wildman–Crippen MR) is 93.2 cm³/mol. The Balaban J connectivity index is 1.93. The number of nitriles is 1. The van der Waals surface area contributed by atoms with Gasteiger partial charge in [-0.15, -0.1) is 0 Å². The molecular weight excluding hydrogens is 320 g/mol. The van der Waals surface area contributed by atoms with Gasteiger partial charge in [-0.1, -0.05) is 24.3 Å². The highest BCUT2D eigenvalue weighted by atomic mass is 16.5. The summed E-state index contributed by atoms with van der Waals surface area (Å²) in [4.78, 5) is 11.1. The van der Waals surface area contributed by atoms with Gasteiger partial charge in [-0.25, -0.2) is 0 Å². The van der Waals surface area contributed by atoms with E-state index < -0.39 is 5.91 Å². The van der Waals surface area contributed by atoms with Crippen LogP contribution in [-0.2, 0) is 4.79 Å². The molecule has 0 spiro atoms. The van der Waals surface area contributed by atoms with Gasteiger partial charge in [0.1, 0.15) is 30.6 Å². The Hall–Kier alpha value is -3.46. The molecule has 128 valence electrons. The topological polar surface area (TPSA) is 94.6 Å². The lowest BCUT2D eigenvalue weighted by molar-refractivity contribution is -0.114. The number of nitrogens with zero attached hydrogens (tertiary/aromatic N) is 1. The molecule has 0 radical (unpaired) electrons. The fourth-order valence-corrected chi connectivity index (χ4v) is 2.07. The van der Waals surface area contributed by atoms with Crippen molar-refractivity contribution < 1.29 is 19.0 Å². The highest BCUT2D eigenvalue weighted by molar-refractivity contribution is 6.00. The highest BCUT2D eigenvalue weighted by Gasteiger charge is 2.05. The van der Waals surface area contributed by atoms with E-state index in [0.717, 1.165) is 0 Å². The molecule has 2 aromatic rings. The monoisotopic (exact) mass is 338 g/mol. The summed E-state index contributed by atoms with van der Waals surface area (Å²) in [7, 11) is 1.58. The number of para-hydroxylation sites is 2. The Labute approximate surface area is 146 Å². The smallest absolute Gasteiger partial charge is 0.259 e. The Bertz CT molecular complexity index is 809. The molecule has 1 amide bonds. The van der Waals surface area contributed by atoms with Crippen LogP contribution in [0.5, 0.6) is 17.2 Å². The number of carbonyl (C=O) groups is 1. The number of methoxy groups -OCH3 is 1. The Kier molecular flexibility index (Phi) is 6.43. The third-order valence-corrected chi connectivity index (χ3v) is 3.23. The molecule has 0 heterocycles. The largest absolute Gasteiger partial charge is 0.493 e. The van der Waals surface area contributed by atoms with Gasteiger partial charge in [0.15, 0.2) is 11.5 Å². The lowest BCUT2D eigenvalue weighted by Gasteiger charge is -2.11. The maximum absolute atomic E-state index is 11.1. The molecule has 0 aliphatic heterocycles. The number of carbonyl (C=O) groups excluding carboxylic acids is 1. The van der Waals surface area contributed by atoms with Crippen LogP contribution in [0.25, 0.3) is 6.08 Å². The average molecular weight is 338 g/mol. The van der Waals surface area contributed by atoms with Crippen LogP contribution in [0.3, 0.4) is 0 Å². The number of amides is 1. The van der Waals surface area contributed by atoms with E-state index in [1.165, 1.54) is 6.08 Å². The SMILES string of the molecule is COc1ccccc1OCCOc1cccc(C=C(C#N)C(N)=O)c1. The number of hydrogen-bond acceptors (Lipinski definition) is 5. The highest BCUT2D eigenvalue weighted by Crippen LogP contribution is 2.25. The van der Waals surface area contributed by atoms with Crippen molar-refractivity contribution in [2.45, 2.75) is 0 Å². The second-order valence-corrected chi connectivity index (χ2v) is 4.95. The Morgan fingerprint density at radius 2 is 1.84 bits per heavy atom. The first-order valence-electron chi connectivity index (χ1n) is 7.54. The summed E-state index contributed by atoms with van der Waals surface area (Å²) >= 11 is 0. The van der Waals surface area contributed by atoms with Crippen LogP contribution in [0.2, 0.25) is 0 Å². The molecule has 0 atom stereocenters. The molecule has 2 rings (SSSR count). The van der Waals surface area contributed by atoms with E-state index >= 15 is 0 Å². The first kappa shape index (κ1) is 17.9. The van der Waals surface area contributed by atoms with Crippen LogP contribution in [0.4, 0.5) is 0 Å². The van der Waals surface area contributed by atoms with Crippen molar-refractivity contribution in [3.05, 3.63) is 59.7 Å². The van der Waals surface area contributed by atoms with Gasteiger partial charge in [-0.2, -0.15) is 5.26 Å². The first-order valence-corrected chi connectivity index (χ1v) is 7.54. The molecule has 0 saturated carbocycles. The van der Waals surface area contributed by atoms with Crippen LogP contribution in [0.1, 0.15) is 5.56 Å². The van der Waals surface area contributed by atoms with Crippen molar-refractivity contribution in [1.82, 2.24) is 0 Å². The summed E-state index contributed by atoms with van der Waals surface area (Å²) in [5.74, 6) is 1.13. The fraction of sp³-hybridized carbons (Fsp3) is 0.158. The van der Waals surface area contributed by atoms with Gasteiger partial charge in [-0.05, 0) is 35.9 Å². The molecule has 6 nitrogen and oxygen atoms in total. The molecule has 0 aliphatic carbocycles. The third kappa shape index (κ3) is 5.29. The van der Waals surface area contributed by atoms with Crippen molar-refractivity contribution in [3.8, 4) is 23.3 Å². The predicted octanol–water partition coefficient (Wildman–Crippen LogP) is 2.55. The molecule has 25 heavy (non-hydrogen) atoms. The third-order valence-electron chi connectivity index (χ3n) is 3.23. The lowest BCUT2D eigenvalue weighted by atomic mass is 10.1. The van der Waals surface area contributed by atoms with Gasteiger partial charge >= 0.3 is 0 Å². The van der Waals surface area contributed by atoms with E-state index in [2.05, 4.69) is 0 Å². The van der Waals surface area contributed by atoms with E-state index in [-0.39, 0.29) is 5.57 Å². The Morgan fingerprint density at radius 3 is 2.52 bits per heavy atom. The van der Waals surface area contributed by atoms with Crippen molar-refractivity contribution in [1.29, 1.82) is 5.26 Å². The summed E-state index contributed by atoms with van der Waals surface area (Å²) < 4.78 is 16.5. The average Bonchev–Trinajstić information content (AvgIpc) is 2.63. The molecule has 2 N–H and O–H groups in total. The number of primary amides is 1. The van der Waals surface area contributed by atoms with Crippen molar-refractivity contribution in [3.63, 3.8) is 0 Å². The summed E-state index contributed by atoms with van der Waals surface area (Å²) in [5.41, 5.74) is 5.66. The first-order chi connectivity index (χ1) is 12.1. The van der Waals surface area contributed by atoms with Gasteiger partial charge in [0.2, 0.25) is 0 Å². The van der Waals surface area contributed by atoms with Gasteiger partial charge in [0, 0.05) is 0 Å². The van der Waals surface area contributed by atoms with E-state index in [9.17, 15) is 4.79 Å². The van der Waals surface area contributed by atoms with Gasteiger partial charge in [0.25, 0.3) is 5.91 Å². The molecule has 6 heteroatoms. The summed E-state index contributed by atoms with van der Waals surface area (Å²) in [6.07, 6.45) is 1.42. The van der Waals surface area contributed by atoms with Crippen LogP contribution in [-0.4, -0.2) is 26.2 Å². The zero-order valence-corrected chi connectivity index (χ0v) is 13.8. The minimum Gasteiger partial charge on any atom is -0.493 e. The second kappa shape index (κ2) is 8.99. The number of rotatable bonds is 8. The van der Waals surface area contributed by atoms with E-state index in [1.807, 2.05) is 24.3 Å². The quantitative estimate of drug-likeness (QED) is 0.453. The van der Waals surface area contributed by atoms with Crippen molar-refractivity contribution >= 4 is 12.0 Å². The van der Waals surface area contributed by atoms with Gasteiger partial charge in [0.05, 0.1) is 7.11 Å². The summed E-state index contributed by atoms with van der Waals surface area (Å²) in [5, 5.41) is 8.87. The van der Waals surface area contributed by atoms with E-state index in [0.29, 0.717) is 36.0 Å². The zero-order valence-electron chi connectivity index (χ0n) is 13.8. The van der Waals surface area contributed by atoms with Crippen LogP contribution >= 0.6 is 0 Å². The molecule has 0 unspecified atom stereocenters. The van der Waals surface area contributed by atoms with Crippen LogP contribution < -0.4 is 19.9 Å². The second-order valence-electron chi connectivity index (χ2n) is 4.95. The number of nitrogens with two attached hydrogens (primary N) is 1. The minimum atomic E-state index is -0.765. The molecular formula is C19H18N2O4. The molecule has 0 aromatic heterocycles. The van der Waals surface area contributed by atoms with Crippen molar-refractivity contribution in [2.75, 3.05) is 20.3 Å².